The van der Waals surface area contributed by atoms with E-state index in [-0.39, 0.29) is 17.2 Å². The zero-order valence-corrected chi connectivity index (χ0v) is 24.9. The van der Waals surface area contributed by atoms with Gasteiger partial charge in [-0.1, -0.05) is 20.8 Å². The molecule has 7 nitrogen and oxygen atoms in total. The predicted octanol–water partition coefficient (Wildman–Crippen LogP) is 7.51. The highest BCUT2D eigenvalue weighted by Crippen LogP contribution is 2.52. The maximum absolute atomic E-state index is 13.6. The summed E-state index contributed by atoms with van der Waals surface area (Å²) < 4.78 is 37.3. The number of nitrogens with zero attached hydrogens (tertiary/aromatic N) is 1. The van der Waals surface area contributed by atoms with Gasteiger partial charge in [0.05, 0.1) is 44.4 Å². The van der Waals surface area contributed by atoms with Crippen LogP contribution < -0.4 is 14.5 Å². The second-order valence-electron chi connectivity index (χ2n) is 10.2. The summed E-state index contributed by atoms with van der Waals surface area (Å²) in [4.78, 5) is 4.40. The Bertz CT molecular complexity index is 1010. The van der Waals surface area contributed by atoms with Crippen molar-refractivity contribution in [2.45, 2.75) is 72.6 Å². The van der Waals surface area contributed by atoms with E-state index in [0.29, 0.717) is 19.0 Å². The Hall–Kier alpha value is -1.86. The van der Waals surface area contributed by atoms with Crippen LogP contribution in [0.4, 0.5) is 5.69 Å². The quantitative estimate of drug-likeness (QED) is 0.228. The summed E-state index contributed by atoms with van der Waals surface area (Å²) >= 11 is 0. The van der Waals surface area contributed by atoms with Gasteiger partial charge in [0.25, 0.3) is 0 Å². The second-order valence-corrected chi connectivity index (χ2v) is 17.1. The van der Waals surface area contributed by atoms with Crippen LogP contribution in [0.2, 0.25) is 18.1 Å². The van der Waals surface area contributed by atoms with Gasteiger partial charge in [-0.3, -0.25) is 9.55 Å². The third-order valence-electron chi connectivity index (χ3n) is 6.44. The summed E-state index contributed by atoms with van der Waals surface area (Å²) in [6, 6.07) is 7.50. The number of aromatic nitrogens is 1. The molecule has 2 aromatic rings. The fourth-order valence-corrected chi connectivity index (χ4v) is 6.27. The molecule has 0 fully saturated rings. The van der Waals surface area contributed by atoms with Crippen LogP contribution in [0, 0.1) is 13.8 Å². The van der Waals surface area contributed by atoms with Crippen molar-refractivity contribution in [3.05, 3.63) is 47.3 Å². The molecule has 1 heterocycles. The molecular formula is C26H43N2O5PSi. The van der Waals surface area contributed by atoms with Crippen molar-refractivity contribution in [3.8, 4) is 11.5 Å². The number of methoxy groups -OCH3 is 1. The Labute approximate surface area is 212 Å². The van der Waals surface area contributed by atoms with Crippen molar-refractivity contribution in [2.24, 2.45) is 0 Å². The first-order valence-corrected chi connectivity index (χ1v) is 16.8. The Morgan fingerprint density at radius 3 is 2.14 bits per heavy atom. The lowest BCUT2D eigenvalue weighted by Gasteiger charge is -2.37. The number of benzene rings is 1. The molecule has 0 spiro atoms. The summed E-state index contributed by atoms with van der Waals surface area (Å²) in [6.07, 6.45) is 1.92. The molecule has 0 radical (unpaired) electrons. The number of aryl methyl sites for hydroxylation is 1. The average molecular weight is 523 g/mol. The maximum atomic E-state index is 13.6. The first-order valence-electron chi connectivity index (χ1n) is 12.2. The van der Waals surface area contributed by atoms with Gasteiger partial charge in [-0.15, -0.1) is 0 Å². The van der Waals surface area contributed by atoms with Crippen LogP contribution >= 0.6 is 7.60 Å². The first-order chi connectivity index (χ1) is 16.2. The van der Waals surface area contributed by atoms with Crippen molar-refractivity contribution in [3.63, 3.8) is 0 Å². The molecule has 0 saturated heterocycles. The molecule has 0 aliphatic rings. The van der Waals surface area contributed by atoms with Crippen molar-refractivity contribution in [2.75, 3.05) is 31.8 Å². The first kappa shape index (κ1) is 29.4. The highest BCUT2D eigenvalue weighted by atomic mass is 31.2. The van der Waals surface area contributed by atoms with E-state index in [1.807, 2.05) is 52.0 Å². The van der Waals surface area contributed by atoms with Gasteiger partial charge >= 0.3 is 7.60 Å². The number of ether oxygens (including phenoxy) is 1. The molecule has 1 aromatic heterocycles. The summed E-state index contributed by atoms with van der Waals surface area (Å²) in [6.45, 7) is 19.3. The van der Waals surface area contributed by atoms with Crippen LogP contribution in [0.15, 0.2) is 30.5 Å². The fraction of sp³-hybridized carbons (Fsp3) is 0.577. The molecule has 1 N–H and O–H groups in total. The Balaban J connectivity index is 2.60. The van der Waals surface area contributed by atoms with E-state index in [1.165, 1.54) is 0 Å². The number of hydrogen-bond acceptors (Lipinski definition) is 7. The molecular weight excluding hydrogens is 479 g/mol. The predicted molar refractivity (Wildman–Crippen MR) is 147 cm³/mol. The highest BCUT2D eigenvalue weighted by molar-refractivity contribution is 7.53. The lowest BCUT2D eigenvalue weighted by molar-refractivity contribution is 0.219. The monoisotopic (exact) mass is 522 g/mol. The maximum Gasteiger partial charge on any atom is 0.333 e. The van der Waals surface area contributed by atoms with Gasteiger partial charge in [0.1, 0.15) is 11.5 Å². The third-order valence-corrected chi connectivity index (χ3v) is 12.9. The lowest BCUT2D eigenvalue weighted by atomic mass is 10.0. The van der Waals surface area contributed by atoms with Crippen molar-refractivity contribution in [1.29, 1.82) is 0 Å². The van der Waals surface area contributed by atoms with Crippen LogP contribution in [0.3, 0.4) is 0 Å². The summed E-state index contributed by atoms with van der Waals surface area (Å²) in [5.74, 6) is 1.50. The minimum atomic E-state index is -3.36. The fourth-order valence-electron chi connectivity index (χ4n) is 3.38. The largest absolute Gasteiger partial charge is 0.543 e. The molecule has 0 aliphatic carbocycles. The number of nitrogens with one attached hydrogen (secondary N) is 1. The van der Waals surface area contributed by atoms with Crippen molar-refractivity contribution < 1.29 is 22.8 Å². The topological polar surface area (TPSA) is 78.9 Å². The van der Waals surface area contributed by atoms with E-state index < -0.39 is 15.9 Å². The van der Waals surface area contributed by atoms with Gasteiger partial charge in [-0.2, -0.15) is 0 Å². The molecule has 2 rings (SSSR count). The lowest BCUT2D eigenvalue weighted by Crippen LogP contribution is -2.44. The summed E-state index contributed by atoms with van der Waals surface area (Å²) in [5.41, 5.74) is 3.55. The molecule has 0 bridgehead atoms. The summed E-state index contributed by atoms with van der Waals surface area (Å²) in [5, 5.41) is 3.53. The van der Waals surface area contributed by atoms with Gasteiger partial charge in [-0.05, 0) is 75.7 Å². The Morgan fingerprint density at radius 2 is 1.66 bits per heavy atom. The highest BCUT2D eigenvalue weighted by Gasteiger charge is 2.40. The minimum absolute atomic E-state index is 0.0353. The van der Waals surface area contributed by atoms with Gasteiger partial charge in [0, 0.05) is 11.3 Å². The molecule has 35 heavy (non-hydrogen) atoms. The van der Waals surface area contributed by atoms with Crippen LogP contribution in [0.5, 0.6) is 11.5 Å². The van der Waals surface area contributed by atoms with Crippen LogP contribution in [-0.4, -0.2) is 39.8 Å². The standard InChI is InChI=1S/C26H43N2O5PSi/c1-11-31-34(29,32-12-2)18-23(28-22-14-13-19(3)27-17-22)21-15-24(30-8)20(4)25(16-21)33-35(9,10)26(5,6)7/h13-17,23,28H,11-12,18H2,1-10H3. The Kier molecular flexibility index (Phi) is 10.00. The minimum Gasteiger partial charge on any atom is -0.543 e. The van der Waals surface area contributed by atoms with E-state index in [4.69, 9.17) is 18.2 Å². The zero-order valence-electron chi connectivity index (χ0n) is 23.0. The molecule has 0 amide bonds. The number of hydrogen-bond donors (Lipinski definition) is 1. The molecule has 1 atom stereocenters. The number of rotatable bonds is 12. The Morgan fingerprint density at radius 1 is 1.06 bits per heavy atom. The SMILES string of the molecule is CCOP(=O)(CC(Nc1ccc(C)nc1)c1cc(OC)c(C)c(O[Si](C)(C)C(C)(C)C)c1)OCC. The molecule has 196 valence electrons. The van der Waals surface area contributed by atoms with Gasteiger partial charge in [-0.25, -0.2) is 0 Å². The summed E-state index contributed by atoms with van der Waals surface area (Å²) in [7, 11) is -3.82. The molecule has 1 aromatic carbocycles. The van der Waals surface area contributed by atoms with Crippen LogP contribution in [-0.2, 0) is 13.6 Å². The van der Waals surface area contributed by atoms with Crippen LogP contribution in [0.1, 0.15) is 57.5 Å². The van der Waals surface area contributed by atoms with E-state index in [1.54, 1.807) is 13.3 Å². The third kappa shape index (κ3) is 7.81. The van der Waals surface area contributed by atoms with Crippen molar-refractivity contribution >= 4 is 21.6 Å². The number of anilines is 1. The van der Waals surface area contributed by atoms with Crippen molar-refractivity contribution in [1.82, 2.24) is 4.98 Å². The van der Waals surface area contributed by atoms with Gasteiger partial charge < -0.3 is 23.5 Å². The molecule has 0 saturated carbocycles. The van der Waals surface area contributed by atoms with E-state index in [9.17, 15) is 4.57 Å². The van der Waals surface area contributed by atoms with Gasteiger partial charge in [0.2, 0.25) is 8.32 Å². The molecule has 0 aliphatic heterocycles. The smallest absolute Gasteiger partial charge is 0.333 e. The number of pyridine rings is 1. The van der Waals surface area contributed by atoms with E-state index in [0.717, 1.165) is 28.3 Å². The molecule has 9 heteroatoms. The second kappa shape index (κ2) is 11.9. The normalized spacial score (nSPS) is 13.4. The zero-order chi connectivity index (χ0) is 26.4. The van der Waals surface area contributed by atoms with E-state index in [2.05, 4.69) is 44.2 Å². The van der Waals surface area contributed by atoms with Gasteiger partial charge in [0.15, 0.2) is 0 Å². The van der Waals surface area contributed by atoms with Crippen LogP contribution in [0.25, 0.3) is 0 Å². The average Bonchev–Trinajstić information content (AvgIpc) is 2.75. The molecule has 1 unspecified atom stereocenters. The van der Waals surface area contributed by atoms with E-state index >= 15 is 0 Å².